The van der Waals surface area contributed by atoms with Crippen LogP contribution in [-0.4, -0.2) is 17.5 Å². The predicted molar refractivity (Wildman–Crippen MR) is 77.8 cm³/mol. The summed E-state index contributed by atoms with van der Waals surface area (Å²) in [4.78, 5) is 26.2. The number of anilines is 1. The molecule has 0 radical (unpaired) electrons. The van der Waals surface area contributed by atoms with E-state index in [0.29, 0.717) is 29.5 Å². The number of rotatable bonds is 1. The van der Waals surface area contributed by atoms with Crippen molar-refractivity contribution in [1.82, 2.24) is 5.32 Å². The summed E-state index contributed by atoms with van der Waals surface area (Å²) in [7, 11) is 0. The second-order valence-corrected chi connectivity index (χ2v) is 6.19. The predicted octanol–water partition coefficient (Wildman–Crippen LogP) is 3.35. The fourth-order valence-electron chi connectivity index (χ4n) is 3.07. The Morgan fingerprint density at radius 2 is 1.90 bits per heavy atom. The lowest BCUT2D eigenvalue weighted by molar-refractivity contribution is -0.123. The summed E-state index contributed by atoms with van der Waals surface area (Å²) in [5, 5.41) is 3.31. The van der Waals surface area contributed by atoms with E-state index in [2.05, 4.69) is 12.2 Å². The molecule has 3 amide bonds. The Balaban J connectivity index is 1.94. The van der Waals surface area contributed by atoms with Crippen LogP contribution in [0.4, 0.5) is 10.5 Å². The largest absolute Gasteiger partial charge is 0.329 e. The number of imide groups is 1. The van der Waals surface area contributed by atoms with Crippen molar-refractivity contribution in [3.8, 4) is 0 Å². The summed E-state index contributed by atoms with van der Waals surface area (Å²) in [6.45, 7) is 2.18. The van der Waals surface area contributed by atoms with Gasteiger partial charge in [0, 0.05) is 0 Å². The molecule has 106 valence electrons. The quantitative estimate of drug-likeness (QED) is 0.807. The van der Waals surface area contributed by atoms with Gasteiger partial charge in [-0.05, 0) is 43.7 Å². The summed E-state index contributed by atoms with van der Waals surface area (Å²) in [5.41, 5.74) is -0.255. The topological polar surface area (TPSA) is 49.4 Å². The Labute approximate surface area is 123 Å². The van der Waals surface area contributed by atoms with Gasteiger partial charge in [-0.3, -0.25) is 4.79 Å². The maximum atomic E-state index is 12.7. The lowest BCUT2D eigenvalue weighted by Crippen LogP contribution is -2.49. The van der Waals surface area contributed by atoms with Gasteiger partial charge >= 0.3 is 6.03 Å². The molecule has 4 nitrogen and oxygen atoms in total. The van der Waals surface area contributed by atoms with Crippen molar-refractivity contribution in [1.29, 1.82) is 0 Å². The molecule has 1 aliphatic heterocycles. The Morgan fingerprint density at radius 1 is 1.25 bits per heavy atom. The third-order valence-corrected chi connectivity index (χ3v) is 4.70. The van der Waals surface area contributed by atoms with Gasteiger partial charge in [-0.25, -0.2) is 9.69 Å². The van der Waals surface area contributed by atoms with Crippen molar-refractivity contribution in [3.05, 3.63) is 29.3 Å². The number of benzene rings is 1. The van der Waals surface area contributed by atoms with Crippen LogP contribution >= 0.6 is 11.6 Å². The zero-order valence-electron chi connectivity index (χ0n) is 11.4. The molecule has 3 rings (SSSR count). The number of halogens is 1. The Kier molecular flexibility index (Phi) is 3.21. The molecule has 1 saturated heterocycles. The number of para-hydroxylation sites is 1. The summed E-state index contributed by atoms with van der Waals surface area (Å²) < 4.78 is 0. The maximum Gasteiger partial charge on any atom is 0.329 e. The van der Waals surface area contributed by atoms with Crippen LogP contribution in [0.5, 0.6) is 0 Å². The number of hydrogen-bond donors (Lipinski definition) is 1. The van der Waals surface area contributed by atoms with E-state index in [1.54, 1.807) is 24.3 Å². The third kappa shape index (κ3) is 1.99. The van der Waals surface area contributed by atoms with Crippen LogP contribution in [-0.2, 0) is 4.79 Å². The van der Waals surface area contributed by atoms with Gasteiger partial charge in [0.15, 0.2) is 0 Å². The highest BCUT2D eigenvalue weighted by Crippen LogP contribution is 2.39. The summed E-state index contributed by atoms with van der Waals surface area (Å²) >= 11 is 6.11. The molecule has 1 heterocycles. The van der Waals surface area contributed by atoms with E-state index < -0.39 is 5.54 Å². The Hall–Kier alpha value is -1.55. The van der Waals surface area contributed by atoms with Gasteiger partial charge in [-0.15, -0.1) is 0 Å². The van der Waals surface area contributed by atoms with Crippen molar-refractivity contribution in [3.63, 3.8) is 0 Å². The minimum absolute atomic E-state index is 0.164. The normalized spacial score (nSPS) is 29.9. The average Bonchev–Trinajstić information content (AvgIpc) is 2.66. The van der Waals surface area contributed by atoms with E-state index in [9.17, 15) is 9.59 Å². The molecule has 1 saturated carbocycles. The number of hydrogen-bond acceptors (Lipinski definition) is 2. The number of nitrogens with one attached hydrogen (secondary N) is 1. The zero-order valence-corrected chi connectivity index (χ0v) is 12.1. The molecule has 2 aliphatic rings. The van der Waals surface area contributed by atoms with Crippen molar-refractivity contribution in [2.24, 2.45) is 5.92 Å². The maximum absolute atomic E-state index is 12.7. The van der Waals surface area contributed by atoms with Crippen LogP contribution in [0.25, 0.3) is 0 Å². The number of carbonyl (C=O) groups is 2. The van der Waals surface area contributed by atoms with E-state index in [1.165, 1.54) is 4.90 Å². The van der Waals surface area contributed by atoms with Gasteiger partial charge in [0.2, 0.25) is 0 Å². The number of urea groups is 1. The molecule has 20 heavy (non-hydrogen) atoms. The molecular weight excluding hydrogens is 276 g/mol. The second kappa shape index (κ2) is 4.77. The molecule has 0 aromatic heterocycles. The van der Waals surface area contributed by atoms with Crippen LogP contribution in [0.15, 0.2) is 24.3 Å². The van der Waals surface area contributed by atoms with Gasteiger partial charge in [-0.2, -0.15) is 0 Å². The van der Waals surface area contributed by atoms with Crippen molar-refractivity contribution >= 4 is 29.2 Å². The zero-order chi connectivity index (χ0) is 14.3. The lowest BCUT2D eigenvalue weighted by atomic mass is 9.77. The molecule has 5 heteroatoms. The van der Waals surface area contributed by atoms with Gasteiger partial charge in [0.25, 0.3) is 5.91 Å². The molecule has 1 aromatic carbocycles. The third-order valence-electron chi connectivity index (χ3n) is 4.38. The fourth-order valence-corrected chi connectivity index (χ4v) is 3.29. The van der Waals surface area contributed by atoms with E-state index in [1.807, 2.05) is 0 Å². The first-order valence-electron chi connectivity index (χ1n) is 6.95. The summed E-state index contributed by atoms with van der Waals surface area (Å²) in [5.74, 6) is 0.446. The highest BCUT2D eigenvalue weighted by Gasteiger charge is 2.52. The minimum atomic E-state index is -0.719. The second-order valence-electron chi connectivity index (χ2n) is 5.79. The van der Waals surface area contributed by atoms with E-state index in [4.69, 9.17) is 11.6 Å². The lowest BCUT2D eigenvalue weighted by Gasteiger charge is -2.33. The molecule has 0 unspecified atom stereocenters. The van der Waals surface area contributed by atoms with Gasteiger partial charge in [0.1, 0.15) is 5.54 Å². The smallest absolute Gasteiger partial charge is 0.323 e. The number of carbonyl (C=O) groups excluding carboxylic acids is 2. The monoisotopic (exact) mass is 292 g/mol. The highest BCUT2D eigenvalue weighted by molar-refractivity contribution is 6.36. The summed E-state index contributed by atoms with van der Waals surface area (Å²) in [6, 6.07) is 6.57. The SMILES string of the molecule is CC1CCC2(CC1)NC(=O)N(c1ccccc1Cl)C2=O. The molecule has 0 atom stereocenters. The van der Waals surface area contributed by atoms with E-state index in [-0.39, 0.29) is 11.9 Å². The molecule has 1 aliphatic carbocycles. The van der Waals surface area contributed by atoms with Crippen LogP contribution in [0, 0.1) is 5.92 Å². The summed E-state index contributed by atoms with van der Waals surface area (Å²) in [6.07, 6.45) is 3.34. The first-order chi connectivity index (χ1) is 9.53. The molecule has 2 fully saturated rings. The van der Waals surface area contributed by atoms with Crippen molar-refractivity contribution < 1.29 is 9.59 Å². The van der Waals surface area contributed by atoms with Crippen molar-refractivity contribution in [2.45, 2.75) is 38.1 Å². The van der Waals surface area contributed by atoms with Crippen molar-refractivity contribution in [2.75, 3.05) is 4.90 Å². The van der Waals surface area contributed by atoms with Gasteiger partial charge in [-0.1, -0.05) is 30.7 Å². The number of nitrogens with zero attached hydrogens (tertiary/aromatic N) is 1. The standard InChI is InChI=1S/C15H17ClN2O2/c1-10-6-8-15(9-7-10)13(19)18(14(20)17-15)12-5-3-2-4-11(12)16/h2-5,10H,6-9H2,1H3,(H,17,20). The molecular formula is C15H17ClN2O2. The minimum Gasteiger partial charge on any atom is -0.323 e. The van der Waals surface area contributed by atoms with Crippen LogP contribution in [0.3, 0.4) is 0 Å². The molecule has 1 aromatic rings. The molecule has 0 bridgehead atoms. The van der Waals surface area contributed by atoms with Gasteiger partial charge < -0.3 is 5.32 Å². The van der Waals surface area contributed by atoms with E-state index in [0.717, 1.165) is 12.8 Å². The average molecular weight is 293 g/mol. The first kappa shape index (κ1) is 13.4. The Morgan fingerprint density at radius 3 is 2.55 bits per heavy atom. The number of amides is 3. The Bertz CT molecular complexity index is 565. The van der Waals surface area contributed by atoms with Crippen LogP contribution in [0.1, 0.15) is 32.6 Å². The fraction of sp³-hybridized carbons (Fsp3) is 0.467. The van der Waals surface area contributed by atoms with Crippen LogP contribution in [0.2, 0.25) is 5.02 Å². The van der Waals surface area contributed by atoms with Crippen LogP contribution < -0.4 is 10.2 Å². The van der Waals surface area contributed by atoms with E-state index >= 15 is 0 Å². The first-order valence-corrected chi connectivity index (χ1v) is 7.32. The molecule has 1 spiro atoms. The highest BCUT2D eigenvalue weighted by atomic mass is 35.5. The molecule has 1 N–H and O–H groups in total. The van der Waals surface area contributed by atoms with Gasteiger partial charge in [0.05, 0.1) is 10.7 Å².